The molecule has 0 aliphatic carbocycles. The molecule has 9 N–H and O–H groups in total. The first-order valence-electron chi connectivity index (χ1n) is 14.3. The lowest BCUT2D eigenvalue weighted by atomic mass is 10.1. The number of aliphatic carboxylic acids is 4. The SMILES string of the molecule is COc1ccccc1CNCc1cccc(CCNC[C@H](O)c2ccc(O)c3[nH]c(=O)sc23)c1.O=C(O)CC(=O)O.O=C(O)CC(=O)O. The number of aliphatic hydroxyl groups is 1. The summed E-state index contributed by atoms with van der Waals surface area (Å²) in [6, 6.07) is 19.6. The quantitative estimate of drug-likeness (QED) is 0.0643. The molecule has 0 unspecified atom stereocenters. The Morgan fingerprint density at radius 2 is 1.46 bits per heavy atom. The average molecular weight is 688 g/mol. The van der Waals surface area contributed by atoms with E-state index in [1.165, 1.54) is 17.2 Å². The summed E-state index contributed by atoms with van der Waals surface area (Å²) in [5.41, 5.74) is 4.56. The van der Waals surface area contributed by atoms with E-state index in [1.54, 1.807) is 13.2 Å². The van der Waals surface area contributed by atoms with Crippen molar-refractivity contribution in [1.29, 1.82) is 0 Å². The molecule has 15 nitrogen and oxygen atoms in total. The number of carboxylic acids is 4. The number of aliphatic hydroxyl groups excluding tert-OH is 1. The Kier molecular flexibility index (Phi) is 16.2. The van der Waals surface area contributed by atoms with E-state index < -0.39 is 42.8 Å². The largest absolute Gasteiger partial charge is 0.506 e. The van der Waals surface area contributed by atoms with Crippen LogP contribution in [0, 0.1) is 0 Å². The summed E-state index contributed by atoms with van der Waals surface area (Å²) >= 11 is 0.994. The van der Waals surface area contributed by atoms with Gasteiger partial charge < -0.3 is 51.0 Å². The Hall–Kier alpha value is -5.29. The molecule has 1 heterocycles. The van der Waals surface area contributed by atoms with Gasteiger partial charge in [-0.15, -0.1) is 0 Å². The summed E-state index contributed by atoms with van der Waals surface area (Å²) in [6.45, 7) is 2.55. The van der Waals surface area contributed by atoms with Gasteiger partial charge >= 0.3 is 28.8 Å². The molecule has 3 aromatic carbocycles. The van der Waals surface area contributed by atoms with Gasteiger partial charge in [0.25, 0.3) is 0 Å². The molecular weight excluding hydrogens is 650 g/mol. The number of aromatic hydroxyl groups is 1. The normalized spacial score (nSPS) is 11.0. The Bertz CT molecular complexity index is 1690. The zero-order chi connectivity index (χ0) is 35.6. The van der Waals surface area contributed by atoms with Crippen molar-refractivity contribution >= 4 is 45.4 Å². The van der Waals surface area contributed by atoms with Crippen LogP contribution < -0.4 is 20.2 Å². The highest BCUT2D eigenvalue weighted by molar-refractivity contribution is 7.16. The fourth-order valence-electron chi connectivity index (χ4n) is 4.23. The molecule has 0 radical (unpaired) electrons. The van der Waals surface area contributed by atoms with Crippen LogP contribution in [0.4, 0.5) is 0 Å². The molecule has 0 aliphatic rings. The second-order valence-electron chi connectivity index (χ2n) is 10.0. The summed E-state index contributed by atoms with van der Waals surface area (Å²) in [6.07, 6.45) is -1.56. The molecule has 1 aromatic heterocycles. The third kappa shape index (κ3) is 14.0. The van der Waals surface area contributed by atoms with Gasteiger partial charge in [-0.05, 0) is 36.2 Å². The van der Waals surface area contributed by atoms with Gasteiger partial charge in [0, 0.05) is 30.8 Å². The number of para-hydroxylation sites is 1. The number of thiazole rings is 1. The maximum atomic E-state index is 11.7. The molecule has 0 bridgehead atoms. The summed E-state index contributed by atoms with van der Waals surface area (Å²) in [7, 11) is 1.68. The van der Waals surface area contributed by atoms with Gasteiger partial charge in [0.15, 0.2) is 0 Å². The van der Waals surface area contributed by atoms with Crippen LogP contribution in [-0.2, 0) is 38.7 Å². The number of ether oxygens (including phenoxy) is 1. The van der Waals surface area contributed by atoms with Crippen molar-refractivity contribution in [2.75, 3.05) is 20.2 Å². The first kappa shape index (κ1) is 38.9. The minimum atomic E-state index is -1.31. The van der Waals surface area contributed by atoms with Gasteiger partial charge in [0.1, 0.15) is 29.9 Å². The Balaban J connectivity index is 0.000000479. The standard InChI is InChI=1S/C26H29N3O4S.2C3H4O4/c1-33-23-8-3-2-7-19(23)15-28-14-18-6-4-5-17(13-18)11-12-27-16-22(31)20-9-10-21(30)24-25(20)34-26(32)29-24;2*4-2(5)1-3(6)7/h2-10,13,22,27-28,30-31H,11-12,14-16H2,1H3,(H,29,32);2*1H2,(H,4,5)(H,6,7)/t22-;;/m0../s1. The number of phenols is 1. The van der Waals surface area contributed by atoms with Gasteiger partial charge in [-0.3, -0.25) is 24.0 Å². The molecule has 0 fully saturated rings. The van der Waals surface area contributed by atoms with E-state index in [4.69, 9.17) is 25.2 Å². The number of phenolic OH excluding ortho intramolecular Hbond substituents is 1. The zero-order valence-corrected chi connectivity index (χ0v) is 26.7. The topological polar surface area (TPSA) is 256 Å². The lowest BCUT2D eigenvalue weighted by molar-refractivity contribution is -0.149. The third-order valence-electron chi connectivity index (χ3n) is 6.31. The van der Waals surface area contributed by atoms with Crippen LogP contribution in [-0.4, -0.2) is 79.7 Å². The van der Waals surface area contributed by atoms with E-state index in [-0.39, 0.29) is 10.6 Å². The number of rotatable bonds is 15. The fraction of sp³-hybridized carbons (Fsp3) is 0.281. The lowest BCUT2D eigenvalue weighted by Gasteiger charge is -2.14. The summed E-state index contributed by atoms with van der Waals surface area (Å²) in [4.78, 5) is 51.7. The van der Waals surface area contributed by atoms with Crippen molar-refractivity contribution in [2.24, 2.45) is 0 Å². The molecule has 0 saturated heterocycles. The first-order valence-corrected chi connectivity index (χ1v) is 15.1. The number of hydrogen-bond acceptors (Lipinski definition) is 11. The van der Waals surface area contributed by atoms with E-state index in [0.29, 0.717) is 28.9 Å². The maximum Gasteiger partial charge on any atom is 0.314 e. The fourth-order valence-corrected chi connectivity index (χ4v) is 5.15. The van der Waals surface area contributed by atoms with E-state index in [9.17, 15) is 34.2 Å². The second kappa shape index (κ2) is 20.1. The molecule has 258 valence electrons. The van der Waals surface area contributed by atoms with Crippen molar-refractivity contribution in [1.82, 2.24) is 15.6 Å². The van der Waals surface area contributed by atoms with Crippen LogP contribution in [0.15, 0.2) is 65.5 Å². The molecule has 4 rings (SSSR count). The molecule has 1 atom stereocenters. The molecule has 0 spiro atoms. The van der Waals surface area contributed by atoms with E-state index in [2.05, 4.69) is 45.9 Å². The molecule has 48 heavy (non-hydrogen) atoms. The Morgan fingerprint density at radius 3 is 2.06 bits per heavy atom. The molecule has 0 saturated carbocycles. The van der Waals surface area contributed by atoms with Crippen LogP contribution in [0.3, 0.4) is 0 Å². The number of carbonyl (C=O) groups is 4. The van der Waals surface area contributed by atoms with Crippen LogP contribution in [0.25, 0.3) is 10.2 Å². The van der Waals surface area contributed by atoms with Gasteiger partial charge in [-0.2, -0.15) is 0 Å². The van der Waals surface area contributed by atoms with Gasteiger partial charge in [0.05, 0.1) is 17.9 Å². The highest BCUT2D eigenvalue weighted by Gasteiger charge is 2.16. The zero-order valence-electron chi connectivity index (χ0n) is 25.8. The Labute approximate surface area is 278 Å². The van der Waals surface area contributed by atoms with E-state index in [0.717, 1.165) is 42.2 Å². The number of nitrogens with one attached hydrogen (secondary N) is 3. The lowest BCUT2D eigenvalue weighted by Crippen LogP contribution is -2.24. The summed E-state index contributed by atoms with van der Waals surface area (Å²) in [5.74, 6) is -4.36. The number of carboxylic acid groups (broad SMARTS) is 4. The van der Waals surface area contributed by atoms with E-state index >= 15 is 0 Å². The molecule has 4 aromatic rings. The van der Waals surface area contributed by atoms with Gasteiger partial charge in [-0.1, -0.05) is 59.9 Å². The third-order valence-corrected chi connectivity index (χ3v) is 7.24. The molecule has 16 heteroatoms. The predicted molar refractivity (Wildman–Crippen MR) is 175 cm³/mol. The highest BCUT2D eigenvalue weighted by Crippen LogP contribution is 2.31. The second-order valence-corrected chi connectivity index (χ2v) is 11.0. The minimum Gasteiger partial charge on any atom is -0.506 e. The number of H-pyrrole nitrogens is 1. The monoisotopic (exact) mass is 687 g/mol. The van der Waals surface area contributed by atoms with Crippen molar-refractivity contribution in [3.8, 4) is 11.5 Å². The number of fused-ring (bicyclic) bond motifs is 1. The number of aromatic nitrogens is 1. The average Bonchev–Trinajstić information content (AvgIpc) is 3.41. The van der Waals surface area contributed by atoms with Crippen molar-refractivity contribution in [2.45, 2.75) is 38.5 Å². The van der Waals surface area contributed by atoms with Gasteiger partial charge in [0.2, 0.25) is 0 Å². The summed E-state index contributed by atoms with van der Waals surface area (Å²) in [5, 5.41) is 58.1. The molecular formula is C32H37N3O12S. The van der Waals surface area contributed by atoms with Crippen LogP contribution >= 0.6 is 11.3 Å². The highest BCUT2D eigenvalue weighted by atomic mass is 32.1. The smallest absolute Gasteiger partial charge is 0.314 e. The number of methoxy groups -OCH3 is 1. The number of hydrogen-bond donors (Lipinski definition) is 9. The van der Waals surface area contributed by atoms with Crippen LogP contribution in [0.1, 0.15) is 41.2 Å². The Morgan fingerprint density at radius 1 is 0.833 bits per heavy atom. The van der Waals surface area contributed by atoms with Crippen molar-refractivity contribution in [3.63, 3.8) is 0 Å². The van der Waals surface area contributed by atoms with Crippen molar-refractivity contribution in [3.05, 3.63) is 92.6 Å². The minimum absolute atomic E-state index is 0.00883. The number of aromatic amines is 1. The molecule has 0 aliphatic heterocycles. The maximum absolute atomic E-state index is 11.7. The summed E-state index contributed by atoms with van der Waals surface area (Å²) < 4.78 is 5.99. The molecule has 0 amide bonds. The van der Waals surface area contributed by atoms with Crippen molar-refractivity contribution < 1.29 is 54.6 Å². The van der Waals surface area contributed by atoms with Crippen LogP contribution in [0.5, 0.6) is 11.5 Å². The van der Waals surface area contributed by atoms with Crippen LogP contribution in [0.2, 0.25) is 0 Å². The predicted octanol–water partition coefficient (Wildman–Crippen LogP) is 2.55. The number of benzene rings is 3. The van der Waals surface area contributed by atoms with E-state index in [1.807, 2.05) is 18.2 Å². The first-order chi connectivity index (χ1) is 22.8. The van der Waals surface area contributed by atoms with Gasteiger partial charge in [-0.25, -0.2) is 0 Å².